The number of halogens is 8. The maximum Gasteiger partial charge on any atom is 0.512 e. The summed E-state index contributed by atoms with van der Waals surface area (Å²) in [6.45, 7) is 0. The van der Waals surface area contributed by atoms with Gasteiger partial charge in [0.1, 0.15) is 5.75 Å². The third-order valence-electron chi connectivity index (χ3n) is 5.96. The van der Waals surface area contributed by atoms with Gasteiger partial charge in [-0.15, -0.1) is 3.71 Å². The fourth-order valence-corrected chi connectivity index (χ4v) is 8.70. The number of hydrogen-bond acceptors (Lipinski definition) is 6. The van der Waals surface area contributed by atoms with Crippen molar-refractivity contribution in [3.63, 3.8) is 0 Å². The molecule has 0 saturated heterocycles. The van der Waals surface area contributed by atoms with Gasteiger partial charge in [-0.25, -0.2) is 17.0 Å². The highest BCUT2D eigenvalue weighted by Crippen LogP contribution is 2.56. The summed E-state index contributed by atoms with van der Waals surface area (Å²) in [5, 5.41) is -12.7. The molecule has 206 valence electrons. The van der Waals surface area contributed by atoms with Gasteiger partial charge in [-0.3, -0.25) is 0 Å². The van der Waals surface area contributed by atoms with Gasteiger partial charge < -0.3 is 4.18 Å². The standard InChI is InChI=1S/C18H19F8NO6S3/c1-27(35(29,30)18(24,25)26)34(28)11-15(34,19)16(20,21)17(22,23)36(31,32)33-14-9-7-13(8-10-14)12-5-3-2-4-6-12/h7-12H,2-6H2,1H3. The van der Waals surface area contributed by atoms with Crippen molar-refractivity contribution >= 4 is 35.2 Å². The smallest absolute Gasteiger partial charge is 0.378 e. The van der Waals surface area contributed by atoms with Crippen molar-refractivity contribution in [1.82, 2.24) is 3.71 Å². The van der Waals surface area contributed by atoms with Gasteiger partial charge >= 0.3 is 36.8 Å². The molecule has 0 aromatic heterocycles. The quantitative estimate of drug-likeness (QED) is 0.256. The monoisotopic (exact) mass is 593 g/mol. The van der Waals surface area contributed by atoms with E-state index < -0.39 is 66.4 Å². The molecule has 7 nitrogen and oxygen atoms in total. The Bertz CT molecular complexity index is 1350. The van der Waals surface area contributed by atoms with E-state index in [-0.39, 0.29) is 13.0 Å². The van der Waals surface area contributed by atoms with Gasteiger partial charge in [0, 0.05) is 12.4 Å². The van der Waals surface area contributed by atoms with Crippen LogP contribution in [0.15, 0.2) is 24.3 Å². The first-order valence-electron chi connectivity index (χ1n) is 10.1. The van der Waals surface area contributed by atoms with Gasteiger partial charge in [0.15, 0.2) is 0 Å². The molecule has 1 aliphatic heterocycles. The molecule has 0 amide bonds. The maximum atomic E-state index is 14.8. The topological polar surface area (TPSA) is 97.8 Å². The van der Waals surface area contributed by atoms with E-state index in [0.29, 0.717) is 5.56 Å². The molecular weight excluding hydrogens is 574 g/mol. The van der Waals surface area contributed by atoms with Crippen LogP contribution in [-0.2, 0) is 29.8 Å². The number of alkyl halides is 8. The molecule has 18 heteroatoms. The molecule has 2 unspecified atom stereocenters. The second kappa shape index (κ2) is 8.69. The van der Waals surface area contributed by atoms with Crippen molar-refractivity contribution in [3.05, 3.63) is 29.8 Å². The van der Waals surface area contributed by atoms with Crippen molar-refractivity contribution in [2.75, 3.05) is 7.05 Å². The van der Waals surface area contributed by atoms with E-state index in [1.54, 1.807) is 0 Å². The predicted octanol–water partition coefficient (Wildman–Crippen LogP) is 4.13. The molecule has 0 radical (unpaired) electrons. The average Bonchev–Trinajstić information content (AvgIpc) is 3.37. The van der Waals surface area contributed by atoms with Crippen molar-refractivity contribution in [3.8, 4) is 5.75 Å². The van der Waals surface area contributed by atoms with Gasteiger partial charge in [-0.1, -0.05) is 31.4 Å². The van der Waals surface area contributed by atoms with Crippen LogP contribution >= 0.6 is 0 Å². The molecule has 1 aliphatic carbocycles. The van der Waals surface area contributed by atoms with Crippen LogP contribution in [0.5, 0.6) is 5.75 Å². The summed E-state index contributed by atoms with van der Waals surface area (Å²) in [5.41, 5.74) is -5.54. The molecule has 2 aliphatic rings. The molecule has 1 aromatic carbocycles. The fourth-order valence-electron chi connectivity index (χ4n) is 3.76. The largest absolute Gasteiger partial charge is 0.512 e. The van der Waals surface area contributed by atoms with Gasteiger partial charge in [-0.05, 0) is 36.5 Å². The number of rotatable bonds is 8. The van der Waals surface area contributed by atoms with E-state index in [1.165, 1.54) is 12.1 Å². The minimum absolute atomic E-state index is 0.102. The first-order chi connectivity index (χ1) is 16.2. The Morgan fingerprint density at radius 1 is 0.944 bits per heavy atom. The molecule has 0 bridgehead atoms. The van der Waals surface area contributed by atoms with Gasteiger partial charge in [0.05, 0.1) is 9.71 Å². The van der Waals surface area contributed by atoms with Crippen LogP contribution < -0.4 is 4.18 Å². The third-order valence-corrected chi connectivity index (χ3v) is 12.2. The van der Waals surface area contributed by atoms with E-state index in [1.807, 2.05) is 0 Å². The summed E-state index contributed by atoms with van der Waals surface area (Å²) >= 11 is 0. The van der Waals surface area contributed by atoms with E-state index in [0.717, 1.165) is 44.2 Å². The van der Waals surface area contributed by atoms with E-state index in [9.17, 15) is 56.2 Å². The average molecular weight is 594 g/mol. The lowest BCUT2D eigenvalue weighted by Gasteiger charge is -2.30. The summed E-state index contributed by atoms with van der Waals surface area (Å²) < 4.78 is 172. The molecule has 36 heavy (non-hydrogen) atoms. The molecular formula is C18H19F8NO6S3. The SMILES string of the molecule is CN(S(=O)(=O)C(F)(F)F)S1(=O)=CC1(F)C(F)(F)C(F)(F)S(=O)(=O)Oc1ccc(C2CCCCC2)cc1. The second-order valence-corrected chi connectivity index (χ2v) is 14.5. The zero-order valence-corrected chi connectivity index (χ0v) is 20.6. The summed E-state index contributed by atoms with van der Waals surface area (Å²) in [5.74, 6) is -7.26. The van der Waals surface area contributed by atoms with Crippen molar-refractivity contribution in [2.24, 2.45) is 0 Å². The summed E-state index contributed by atoms with van der Waals surface area (Å²) in [4.78, 5) is 0. The molecule has 1 saturated carbocycles. The Morgan fingerprint density at radius 3 is 1.92 bits per heavy atom. The van der Waals surface area contributed by atoms with Gasteiger partial charge in [0.25, 0.3) is 5.00 Å². The number of benzene rings is 1. The predicted molar refractivity (Wildman–Crippen MR) is 112 cm³/mol. The van der Waals surface area contributed by atoms with E-state index >= 15 is 0 Å². The lowest BCUT2D eigenvalue weighted by atomic mass is 9.84. The molecule has 1 fully saturated rings. The second-order valence-electron chi connectivity index (χ2n) is 8.22. The lowest BCUT2D eigenvalue weighted by Crippen LogP contribution is -2.59. The van der Waals surface area contributed by atoms with Gasteiger partial charge in [0.2, 0.25) is 0 Å². The summed E-state index contributed by atoms with van der Waals surface area (Å²) in [6.07, 6.45) is 4.52. The highest BCUT2D eigenvalue weighted by molar-refractivity contribution is 8.16. The van der Waals surface area contributed by atoms with Crippen LogP contribution in [-0.4, -0.2) is 58.9 Å². The number of sulfonamides is 1. The maximum absolute atomic E-state index is 14.8. The molecule has 0 spiro atoms. The first-order valence-corrected chi connectivity index (χ1v) is 14.5. The summed E-state index contributed by atoms with van der Waals surface area (Å²) in [7, 11) is -19.5. The third kappa shape index (κ3) is 4.26. The zero-order chi connectivity index (χ0) is 27.6. The van der Waals surface area contributed by atoms with Crippen LogP contribution in [0.4, 0.5) is 35.1 Å². The number of nitrogens with zero attached hydrogens (tertiary/aromatic N) is 1. The Hall–Kier alpha value is -1.66. The molecule has 3 rings (SSSR count). The minimum Gasteiger partial charge on any atom is -0.378 e. The first kappa shape index (κ1) is 28.9. The minimum atomic E-state index is -6.75. The molecule has 0 N–H and O–H groups in total. The van der Waals surface area contributed by atoms with Crippen LogP contribution in [0.3, 0.4) is 0 Å². The van der Waals surface area contributed by atoms with Crippen molar-refractivity contribution in [2.45, 2.75) is 59.7 Å². The Morgan fingerprint density at radius 2 is 1.44 bits per heavy atom. The van der Waals surface area contributed by atoms with E-state index in [4.69, 9.17) is 0 Å². The van der Waals surface area contributed by atoms with Gasteiger partial charge in [-0.2, -0.15) is 39.2 Å². The summed E-state index contributed by atoms with van der Waals surface area (Å²) in [6, 6.07) is 4.45. The van der Waals surface area contributed by atoms with Crippen LogP contribution in [0, 0.1) is 0 Å². The van der Waals surface area contributed by atoms with Crippen molar-refractivity contribution in [1.29, 1.82) is 0 Å². The van der Waals surface area contributed by atoms with Crippen LogP contribution in [0.25, 0.3) is 0 Å². The highest BCUT2D eigenvalue weighted by Gasteiger charge is 2.86. The normalized spacial score (nSPS) is 26.5. The van der Waals surface area contributed by atoms with Crippen molar-refractivity contribution < 1.29 is 60.4 Å². The number of hydrogen-bond donors (Lipinski definition) is 0. The Kier molecular flexibility index (Phi) is 6.98. The zero-order valence-electron chi connectivity index (χ0n) is 18.1. The molecule has 1 heterocycles. The molecule has 2 atom stereocenters. The Labute approximate surface area is 201 Å². The lowest BCUT2D eigenvalue weighted by molar-refractivity contribution is -0.188. The fraction of sp³-hybridized carbons (Fsp3) is 0.611. The molecule has 1 aromatic rings. The Balaban J connectivity index is 1.86. The highest BCUT2D eigenvalue weighted by atomic mass is 32.3. The van der Waals surface area contributed by atoms with Crippen LogP contribution in [0.1, 0.15) is 43.6 Å². The van der Waals surface area contributed by atoms with E-state index in [2.05, 4.69) is 4.18 Å². The van der Waals surface area contributed by atoms with Crippen LogP contribution in [0.2, 0.25) is 0 Å².